The number of carbonyl (C=O) groups excluding carboxylic acids is 5. The molecule has 6 heterocycles. The average molecular weight is 1040 g/mol. The summed E-state index contributed by atoms with van der Waals surface area (Å²) in [6, 6.07) is 23.1. The van der Waals surface area contributed by atoms with Gasteiger partial charge < -0.3 is 44.6 Å². The number of likely N-dealkylation sites (tertiary alicyclic amines) is 1. The molecule has 3 atom stereocenters. The summed E-state index contributed by atoms with van der Waals surface area (Å²) in [6.07, 6.45) is 3.28. The predicted molar refractivity (Wildman–Crippen MR) is 279 cm³/mol. The maximum absolute atomic E-state index is 14.2. The van der Waals surface area contributed by atoms with E-state index in [1.165, 1.54) is 11.0 Å². The number of hydrogen-bond donors (Lipinski definition) is 3. The maximum atomic E-state index is 14.2. The van der Waals surface area contributed by atoms with E-state index in [-0.39, 0.29) is 79.7 Å². The molecular weight excluding hydrogens is 986 g/mol. The van der Waals surface area contributed by atoms with Crippen LogP contribution in [0.25, 0.3) is 10.8 Å². The van der Waals surface area contributed by atoms with Gasteiger partial charge >= 0.3 is 12.0 Å². The molecule has 18 nitrogen and oxygen atoms in total. The number of benzene rings is 4. The van der Waals surface area contributed by atoms with Gasteiger partial charge in [-0.3, -0.25) is 24.5 Å². The van der Waals surface area contributed by atoms with Crippen LogP contribution in [0.3, 0.4) is 0 Å². The number of fused-ring (bicyclic) bond motifs is 3. The van der Waals surface area contributed by atoms with Crippen LogP contribution in [-0.4, -0.2) is 125 Å². The first-order valence-electron chi connectivity index (χ1n) is 24.8. The van der Waals surface area contributed by atoms with Crippen LogP contribution >= 0.6 is 23.2 Å². The average Bonchev–Trinajstić information content (AvgIpc) is 3.97. The minimum absolute atomic E-state index is 0.0708. The lowest BCUT2D eigenvalue weighted by atomic mass is 10.0. The zero-order valence-electron chi connectivity index (χ0n) is 40.9. The number of piperidine rings is 1. The van der Waals surface area contributed by atoms with Gasteiger partial charge in [0.2, 0.25) is 11.8 Å². The second-order valence-corrected chi connectivity index (χ2v) is 20.2. The summed E-state index contributed by atoms with van der Waals surface area (Å²) in [5, 5.41) is 21.0. The number of amides is 6. The van der Waals surface area contributed by atoms with E-state index in [2.05, 4.69) is 68.5 Å². The van der Waals surface area contributed by atoms with Crippen molar-refractivity contribution in [2.75, 3.05) is 68.1 Å². The molecule has 0 radical (unpaired) electrons. The summed E-state index contributed by atoms with van der Waals surface area (Å²) in [6.45, 7) is 7.94. The molecule has 5 aliphatic heterocycles. The van der Waals surface area contributed by atoms with Gasteiger partial charge in [0.05, 0.1) is 41.5 Å². The lowest BCUT2D eigenvalue weighted by molar-refractivity contribution is -0.137. The fraction of sp³-hybridized carbons (Fsp3) is 0.370. The van der Waals surface area contributed by atoms with Crippen molar-refractivity contribution in [1.29, 1.82) is 5.26 Å². The fourth-order valence-electron chi connectivity index (χ4n) is 10.7. The first-order chi connectivity index (χ1) is 35.8. The summed E-state index contributed by atoms with van der Waals surface area (Å²) in [5.41, 5.74) is 5.19. The van der Waals surface area contributed by atoms with Crippen LogP contribution in [0.1, 0.15) is 64.8 Å². The van der Waals surface area contributed by atoms with Crippen LogP contribution in [0.4, 0.5) is 22.0 Å². The third kappa shape index (κ3) is 10.5. The van der Waals surface area contributed by atoms with E-state index in [1.54, 1.807) is 35.2 Å². The first-order valence-corrected chi connectivity index (χ1v) is 25.6. The molecule has 382 valence electrons. The Morgan fingerprint density at radius 1 is 0.919 bits per heavy atom. The number of urea groups is 1. The molecule has 20 heteroatoms. The molecule has 0 aliphatic carbocycles. The maximum Gasteiger partial charge on any atom is 0.319 e. The van der Waals surface area contributed by atoms with Crippen LogP contribution in [-0.2, 0) is 40.4 Å². The van der Waals surface area contributed by atoms with Gasteiger partial charge in [0.1, 0.15) is 30.8 Å². The van der Waals surface area contributed by atoms with E-state index in [4.69, 9.17) is 42.6 Å². The van der Waals surface area contributed by atoms with E-state index in [0.717, 1.165) is 58.5 Å². The highest BCUT2D eigenvalue weighted by Gasteiger charge is 2.40. The fourth-order valence-corrected chi connectivity index (χ4v) is 11.1. The molecule has 3 saturated heterocycles. The minimum atomic E-state index is -0.733. The predicted octanol–water partition coefficient (Wildman–Crippen LogP) is 6.62. The van der Waals surface area contributed by atoms with E-state index in [9.17, 15) is 29.2 Å². The van der Waals surface area contributed by atoms with Gasteiger partial charge in [0.15, 0.2) is 0 Å². The van der Waals surface area contributed by atoms with Crippen molar-refractivity contribution in [2.24, 2.45) is 0 Å². The van der Waals surface area contributed by atoms with Crippen molar-refractivity contribution in [3.63, 3.8) is 0 Å². The van der Waals surface area contributed by atoms with Gasteiger partial charge in [0, 0.05) is 84.5 Å². The third-order valence-corrected chi connectivity index (χ3v) is 15.1. The molecule has 0 spiro atoms. The zero-order valence-corrected chi connectivity index (χ0v) is 42.4. The molecule has 5 aromatic rings. The molecular formula is C54H55Cl2N11O7. The number of likely N-dealkylation sites (N-methyl/N-ethyl adjacent to an activating group) is 1. The molecule has 3 N–H and O–H groups in total. The Morgan fingerprint density at radius 2 is 1.76 bits per heavy atom. The van der Waals surface area contributed by atoms with Gasteiger partial charge in [-0.1, -0.05) is 66.2 Å². The quantitative estimate of drug-likeness (QED) is 0.0791. The van der Waals surface area contributed by atoms with Crippen LogP contribution in [0.2, 0.25) is 10.0 Å². The Balaban J connectivity index is 0.785. The molecule has 5 aliphatic rings. The van der Waals surface area contributed by atoms with Gasteiger partial charge in [-0.15, -0.1) is 0 Å². The van der Waals surface area contributed by atoms with Crippen molar-refractivity contribution < 1.29 is 33.4 Å². The number of nitriles is 1. The minimum Gasteiger partial charge on any atom is -0.487 e. The molecule has 10 rings (SSSR count). The highest BCUT2D eigenvalue weighted by molar-refractivity contribution is 6.36. The number of piperazine rings is 1. The highest BCUT2D eigenvalue weighted by atomic mass is 35.5. The Labute approximate surface area is 438 Å². The number of ether oxygens (including phenoxy) is 2. The Bertz CT molecular complexity index is 3120. The van der Waals surface area contributed by atoms with Crippen molar-refractivity contribution in [1.82, 2.24) is 35.3 Å². The molecule has 4 aromatic carbocycles. The summed E-state index contributed by atoms with van der Waals surface area (Å²) in [5.74, 6) is -0.502. The summed E-state index contributed by atoms with van der Waals surface area (Å²) >= 11 is 13.2. The molecule has 1 unspecified atom stereocenters. The number of rotatable bonds is 14. The second kappa shape index (κ2) is 21.6. The van der Waals surface area contributed by atoms with Gasteiger partial charge in [0.25, 0.3) is 11.8 Å². The third-order valence-electron chi connectivity index (χ3n) is 14.6. The second-order valence-electron chi connectivity index (χ2n) is 19.3. The lowest BCUT2D eigenvalue weighted by Gasteiger charge is -2.42. The molecule has 0 saturated carbocycles. The zero-order chi connectivity index (χ0) is 51.6. The summed E-state index contributed by atoms with van der Waals surface area (Å²) in [7, 11) is 2.10. The van der Waals surface area contributed by atoms with Crippen molar-refractivity contribution in [2.45, 2.75) is 76.3 Å². The number of anilines is 3. The van der Waals surface area contributed by atoms with Crippen LogP contribution in [0, 0.1) is 11.3 Å². The van der Waals surface area contributed by atoms with E-state index in [0.29, 0.717) is 72.9 Å². The first kappa shape index (κ1) is 50.1. The number of carbonyl (C=O) groups is 5. The number of hydrogen-bond acceptors (Lipinski definition) is 13. The number of nitrogens with zero attached hydrogens (tertiary/aromatic N) is 8. The number of nitrogens with one attached hydrogen (secondary N) is 3. The molecule has 1 aromatic heterocycles. The highest BCUT2D eigenvalue weighted by Crippen LogP contribution is 2.38. The van der Waals surface area contributed by atoms with Gasteiger partial charge in [-0.05, 0) is 92.2 Å². The normalized spacial score (nSPS) is 19.7. The van der Waals surface area contributed by atoms with E-state index >= 15 is 0 Å². The molecule has 0 bridgehead atoms. The van der Waals surface area contributed by atoms with E-state index in [1.807, 2.05) is 18.2 Å². The number of imide groups is 1. The topological polar surface area (TPSA) is 206 Å². The largest absolute Gasteiger partial charge is 0.487 e. The molecule has 6 amide bonds. The SMILES string of the molecule is C=C(COc1ccc(Cl)cc1NC(=O)NCc1ccc2c(c1)CN(C1CCC(=O)NC1=O)C2=O)C(=O)N1CCN(c2nc(OC[C@@H]3CCCN3C)nc3c2CCN(c2cccc4cccc(Cl)c24)C3)C[C@@H]1CC#N. The number of aromatic nitrogens is 2. The standard InChI is InChI=1S/C54H55Cl2N11O7/c1-32(30-73-46-15-12-36(55)25-42(46)59-53(72)58-26-33-11-13-39-35(24-33)27-67(52(39)71)45-14-16-47(68)61-50(45)69)51(70)66-23-22-65(28-37(66)17-19-57)49-40-18-21-64(44-10-4-7-34-6-3-9-41(56)48(34)44)29-43(40)60-54(62-49)74-31-38-8-5-20-63(38)2/h3-4,6-7,9-13,15,24-25,37-38,45H,1,5,8,14,16-18,20-23,26-31H2,2H3,(H2,58,59,72)(H,61,68,69)/t37-,38-,45?/m0/s1. The van der Waals surface area contributed by atoms with Crippen molar-refractivity contribution in [3.8, 4) is 17.8 Å². The summed E-state index contributed by atoms with van der Waals surface area (Å²) in [4.78, 5) is 84.8. The molecule has 3 fully saturated rings. The number of halogens is 2. The van der Waals surface area contributed by atoms with Gasteiger partial charge in [-0.25, -0.2) is 4.79 Å². The van der Waals surface area contributed by atoms with Crippen molar-refractivity contribution in [3.05, 3.63) is 123 Å². The Kier molecular flexibility index (Phi) is 14.6. The van der Waals surface area contributed by atoms with Crippen LogP contribution in [0.5, 0.6) is 11.8 Å². The monoisotopic (exact) mass is 1040 g/mol. The van der Waals surface area contributed by atoms with Crippen molar-refractivity contribution >= 4 is 80.8 Å². The Morgan fingerprint density at radius 3 is 2.55 bits per heavy atom. The summed E-state index contributed by atoms with van der Waals surface area (Å²) < 4.78 is 12.5. The lowest BCUT2D eigenvalue weighted by Crippen LogP contribution is -2.56. The molecule has 74 heavy (non-hydrogen) atoms. The smallest absolute Gasteiger partial charge is 0.319 e. The Hall–Kier alpha value is -7.46. The van der Waals surface area contributed by atoms with Gasteiger partial charge in [-0.2, -0.15) is 15.2 Å². The van der Waals surface area contributed by atoms with Crippen LogP contribution in [0.15, 0.2) is 84.9 Å². The van der Waals surface area contributed by atoms with Crippen LogP contribution < -0.4 is 35.2 Å². The van der Waals surface area contributed by atoms with E-state index < -0.39 is 24.0 Å².